The minimum Gasteiger partial charge on any atom is -0.462 e. The van der Waals surface area contributed by atoms with Gasteiger partial charge in [0.05, 0.1) is 12.5 Å². The van der Waals surface area contributed by atoms with E-state index in [0.29, 0.717) is 12.8 Å². The van der Waals surface area contributed by atoms with E-state index in [1.807, 2.05) is 27.7 Å². The molecule has 0 unspecified atom stereocenters. The van der Waals surface area contributed by atoms with Crippen LogP contribution in [0.25, 0.3) is 0 Å². The minimum absolute atomic E-state index is 0.0598. The van der Waals surface area contributed by atoms with Crippen LogP contribution >= 0.6 is 0 Å². The van der Waals surface area contributed by atoms with Crippen LogP contribution in [0.3, 0.4) is 0 Å². The normalized spacial score (nSPS) is 42.9. The summed E-state index contributed by atoms with van der Waals surface area (Å²) in [6.45, 7) is 16.3. The zero-order valence-corrected chi connectivity index (χ0v) is 24.7. The van der Waals surface area contributed by atoms with Crippen LogP contribution in [0.2, 0.25) is 0 Å². The van der Waals surface area contributed by atoms with Gasteiger partial charge < -0.3 is 28.8 Å². The molecule has 0 aromatic carbocycles. The number of aliphatic hydroxyl groups is 1. The van der Waals surface area contributed by atoms with Crippen LogP contribution in [0, 0.1) is 29.1 Å². The molecule has 4 aliphatic rings. The molecule has 2 aliphatic carbocycles. The lowest BCUT2D eigenvalue weighted by molar-refractivity contribution is -0.250. The third-order valence-electron chi connectivity index (χ3n) is 9.84. The van der Waals surface area contributed by atoms with Crippen LogP contribution in [0.4, 0.5) is 0 Å². The lowest BCUT2D eigenvalue weighted by Gasteiger charge is -2.58. The van der Waals surface area contributed by atoms with Gasteiger partial charge in [0.15, 0.2) is 5.60 Å². The smallest absolute Gasteiger partial charge is 0.312 e. The van der Waals surface area contributed by atoms with Crippen molar-refractivity contribution in [3.05, 3.63) is 12.2 Å². The molecule has 224 valence electrons. The summed E-state index contributed by atoms with van der Waals surface area (Å²) in [5.41, 5.74) is -3.21. The van der Waals surface area contributed by atoms with Crippen molar-refractivity contribution >= 4 is 23.9 Å². The summed E-state index contributed by atoms with van der Waals surface area (Å²) >= 11 is 0. The summed E-state index contributed by atoms with van der Waals surface area (Å²) in [6.07, 6.45) is -2.10. The number of fused-ring (bicyclic) bond motifs is 3. The highest BCUT2D eigenvalue weighted by molar-refractivity contribution is 5.77. The maximum absolute atomic E-state index is 13.1. The number of esters is 4. The second-order valence-corrected chi connectivity index (χ2v) is 13.0. The lowest BCUT2D eigenvalue weighted by atomic mass is 9.50. The fourth-order valence-corrected chi connectivity index (χ4v) is 7.44. The standard InChI is InChI=1S/C30H44O10/c1-15(2)11-24(33)39-21-13-22(37-19(6)31)29(14-36-29)25-26(38-20(7)32)30(35)18(5)27(34)40-23(30)12-16(3)9-10-17(4)28(21,25)8/h15,17-18,21-23,25-26,35H,3,9-14H2,1-2,4-8H3/t17-,18-,21-,22+,23-,25+,26-,28-,29+,30-/m0/s1. The third kappa shape index (κ3) is 5.06. The molecule has 0 radical (unpaired) electrons. The van der Waals surface area contributed by atoms with Crippen molar-refractivity contribution in [3.63, 3.8) is 0 Å². The number of carbonyl (C=O) groups excluding carboxylic acids is 4. The molecule has 0 aromatic rings. The molecular weight excluding hydrogens is 520 g/mol. The first-order valence-corrected chi connectivity index (χ1v) is 14.3. The van der Waals surface area contributed by atoms with Gasteiger partial charge in [0.1, 0.15) is 30.0 Å². The Labute approximate surface area is 236 Å². The highest BCUT2D eigenvalue weighted by Gasteiger charge is 2.77. The molecule has 0 bridgehead atoms. The van der Waals surface area contributed by atoms with Crippen LogP contribution in [-0.4, -0.2) is 71.2 Å². The molecule has 10 atom stereocenters. The molecule has 4 fully saturated rings. The zero-order chi connectivity index (χ0) is 29.8. The number of hydrogen-bond acceptors (Lipinski definition) is 10. The van der Waals surface area contributed by atoms with Gasteiger partial charge >= 0.3 is 23.9 Å². The molecule has 2 saturated carbocycles. The summed E-state index contributed by atoms with van der Waals surface area (Å²) in [4.78, 5) is 51.0. The van der Waals surface area contributed by atoms with E-state index in [0.717, 1.165) is 5.57 Å². The molecule has 2 saturated heterocycles. The van der Waals surface area contributed by atoms with Crippen LogP contribution < -0.4 is 0 Å². The van der Waals surface area contributed by atoms with Gasteiger partial charge in [-0.3, -0.25) is 19.2 Å². The van der Waals surface area contributed by atoms with Gasteiger partial charge in [-0.2, -0.15) is 0 Å². The molecule has 4 rings (SSSR count). The summed E-state index contributed by atoms with van der Waals surface area (Å²) in [7, 11) is 0. The number of rotatable bonds is 5. The van der Waals surface area contributed by atoms with Gasteiger partial charge in [0, 0.05) is 44.4 Å². The minimum atomic E-state index is -1.95. The van der Waals surface area contributed by atoms with Crippen molar-refractivity contribution in [3.8, 4) is 0 Å². The summed E-state index contributed by atoms with van der Waals surface area (Å²) < 4.78 is 29.8. The first-order chi connectivity index (χ1) is 18.6. The van der Waals surface area contributed by atoms with Crippen LogP contribution in [0.5, 0.6) is 0 Å². The second kappa shape index (κ2) is 10.7. The van der Waals surface area contributed by atoms with Crippen molar-refractivity contribution in [1.82, 2.24) is 0 Å². The summed E-state index contributed by atoms with van der Waals surface area (Å²) in [5, 5.41) is 12.5. The van der Waals surface area contributed by atoms with Gasteiger partial charge in [-0.05, 0) is 31.6 Å². The predicted molar refractivity (Wildman–Crippen MR) is 141 cm³/mol. The van der Waals surface area contributed by atoms with Crippen LogP contribution in [-0.2, 0) is 42.9 Å². The maximum atomic E-state index is 13.1. The maximum Gasteiger partial charge on any atom is 0.312 e. The van der Waals surface area contributed by atoms with E-state index >= 15 is 0 Å². The number of epoxide rings is 1. The number of carbonyl (C=O) groups is 4. The number of hydrogen-bond donors (Lipinski definition) is 1. The van der Waals surface area contributed by atoms with E-state index in [1.165, 1.54) is 13.8 Å². The monoisotopic (exact) mass is 564 g/mol. The van der Waals surface area contributed by atoms with Gasteiger partial charge in [0.2, 0.25) is 0 Å². The largest absolute Gasteiger partial charge is 0.462 e. The predicted octanol–water partition coefficient (Wildman–Crippen LogP) is 3.27. The Morgan fingerprint density at radius 2 is 1.73 bits per heavy atom. The first kappa shape index (κ1) is 30.5. The van der Waals surface area contributed by atoms with Crippen molar-refractivity contribution in [1.29, 1.82) is 0 Å². The Bertz CT molecular complexity index is 1060. The fourth-order valence-electron chi connectivity index (χ4n) is 7.44. The topological polar surface area (TPSA) is 138 Å². The lowest BCUT2D eigenvalue weighted by Crippen LogP contribution is -2.71. The van der Waals surface area contributed by atoms with E-state index in [4.69, 9.17) is 23.7 Å². The molecule has 0 amide bonds. The zero-order valence-electron chi connectivity index (χ0n) is 24.7. The van der Waals surface area contributed by atoms with Crippen molar-refractivity contribution in [2.45, 2.75) is 116 Å². The van der Waals surface area contributed by atoms with Crippen LogP contribution in [0.1, 0.15) is 80.6 Å². The SMILES string of the molecule is C=C1CC[C@H](C)[C@@]2(C)[C@@H](OC(=O)CC(C)C)C[C@@H](OC(C)=O)[C@]3(CO3)[C@@H]2[C@H](OC(C)=O)[C@@]2(O)[C@H](C1)OC(=O)[C@@H]2C. The molecule has 2 aliphatic heterocycles. The molecular formula is C30H44O10. The molecule has 10 nitrogen and oxygen atoms in total. The molecule has 2 heterocycles. The quantitative estimate of drug-likeness (QED) is 0.229. The Kier molecular flexibility index (Phi) is 8.19. The van der Waals surface area contributed by atoms with Crippen molar-refractivity contribution in [2.24, 2.45) is 29.1 Å². The van der Waals surface area contributed by atoms with Gasteiger partial charge in [-0.1, -0.05) is 39.8 Å². The summed E-state index contributed by atoms with van der Waals surface area (Å²) in [6, 6.07) is 0. The Hall–Kier alpha value is -2.46. The Morgan fingerprint density at radius 1 is 1.10 bits per heavy atom. The van der Waals surface area contributed by atoms with Gasteiger partial charge in [-0.25, -0.2) is 0 Å². The van der Waals surface area contributed by atoms with E-state index in [1.54, 1.807) is 6.92 Å². The fraction of sp³-hybridized carbons (Fsp3) is 0.800. The Balaban J connectivity index is 1.96. The molecule has 10 heteroatoms. The van der Waals surface area contributed by atoms with Crippen molar-refractivity contribution < 1.29 is 48.0 Å². The van der Waals surface area contributed by atoms with Gasteiger partial charge in [-0.15, -0.1) is 0 Å². The van der Waals surface area contributed by atoms with E-state index in [9.17, 15) is 24.3 Å². The highest BCUT2D eigenvalue weighted by atomic mass is 16.6. The van der Waals surface area contributed by atoms with E-state index in [-0.39, 0.29) is 37.7 Å². The van der Waals surface area contributed by atoms with E-state index < -0.39 is 76.7 Å². The second-order valence-electron chi connectivity index (χ2n) is 13.0. The first-order valence-electron chi connectivity index (χ1n) is 14.3. The number of ether oxygens (including phenoxy) is 5. The molecule has 40 heavy (non-hydrogen) atoms. The van der Waals surface area contributed by atoms with E-state index in [2.05, 4.69) is 6.58 Å². The highest BCUT2D eigenvalue weighted by Crippen LogP contribution is 2.64. The average molecular weight is 565 g/mol. The molecule has 1 N–H and O–H groups in total. The third-order valence-corrected chi connectivity index (χ3v) is 9.84. The Morgan fingerprint density at radius 3 is 2.27 bits per heavy atom. The van der Waals surface area contributed by atoms with Gasteiger partial charge in [0.25, 0.3) is 0 Å². The van der Waals surface area contributed by atoms with Crippen molar-refractivity contribution in [2.75, 3.05) is 6.61 Å². The van der Waals surface area contributed by atoms with Crippen LogP contribution in [0.15, 0.2) is 12.2 Å². The molecule has 0 aromatic heterocycles. The summed E-state index contributed by atoms with van der Waals surface area (Å²) in [5.74, 6) is -4.13. The molecule has 1 spiro atoms. The average Bonchev–Trinajstić information content (AvgIpc) is 3.59.